The third-order valence-electron chi connectivity index (χ3n) is 3.09. The first-order chi connectivity index (χ1) is 9.16. The van der Waals surface area contributed by atoms with E-state index in [1.807, 2.05) is 6.92 Å². The molecule has 5 nitrogen and oxygen atoms in total. The molecule has 0 aliphatic heterocycles. The van der Waals surface area contributed by atoms with Crippen molar-refractivity contribution in [1.82, 2.24) is 5.32 Å². The van der Waals surface area contributed by atoms with Crippen molar-refractivity contribution in [3.63, 3.8) is 0 Å². The number of nitrogens with two attached hydrogens (primary N) is 1. The minimum atomic E-state index is -3.19. The van der Waals surface area contributed by atoms with Gasteiger partial charge in [0.1, 0.15) is 0 Å². The van der Waals surface area contributed by atoms with Gasteiger partial charge >= 0.3 is 0 Å². The maximum absolute atomic E-state index is 11.9. The summed E-state index contributed by atoms with van der Waals surface area (Å²) < 4.78 is 22.7. The quantitative estimate of drug-likeness (QED) is 0.826. The fourth-order valence-corrected chi connectivity index (χ4v) is 2.50. The van der Waals surface area contributed by atoms with Crippen LogP contribution in [0.5, 0.6) is 0 Å². The Balaban J connectivity index is 2.65. The summed E-state index contributed by atoms with van der Waals surface area (Å²) in [5, 5.41) is 2.77. The molecule has 0 aromatic heterocycles. The van der Waals surface area contributed by atoms with E-state index in [1.54, 1.807) is 19.1 Å². The zero-order valence-electron chi connectivity index (χ0n) is 12.1. The Bertz CT molecular complexity index is 563. The fraction of sp³-hybridized carbons (Fsp3) is 0.500. The molecule has 6 heteroatoms. The first kappa shape index (κ1) is 16.7. The Kier molecular flexibility index (Phi) is 5.30. The van der Waals surface area contributed by atoms with Crippen molar-refractivity contribution < 1.29 is 13.2 Å². The smallest absolute Gasteiger partial charge is 0.240 e. The summed E-state index contributed by atoms with van der Waals surface area (Å²) in [6.45, 7) is 4.01. The minimum absolute atomic E-state index is 0.202. The Morgan fingerprint density at radius 1 is 1.30 bits per heavy atom. The largest absolute Gasteiger partial charge is 0.350 e. The summed E-state index contributed by atoms with van der Waals surface area (Å²) in [4.78, 5) is 12.2. The Labute approximate surface area is 120 Å². The molecule has 0 aliphatic carbocycles. The van der Waals surface area contributed by atoms with Crippen LogP contribution in [0, 0.1) is 0 Å². The topological polar surface area (TPSA) is 89.3 Å². The van der Waals surface area contributed by atoms with E-state index in [0.717, 1.165) is 18.2 Å². The second kappa shape index (κ2) is 6.37. The second-order valence-corrected chi connectivity index (χ2v) is 7.28. The van der Waals surface area contributed by atoms with Crippen molar-refractivity contribution in [2.24, 2.45) is 5.73 Å². The Morgan fingerprint density at radius 2 is 1.85 bits per heavy atom. The van der Waals surface area contributed by atoms with Gasteiger partial charge in [-0.2, -0.15) is 0 Å². The fourth-order valence-electron chi connectivity index (χ4n) is 1.87. The van der Waals surface area contributed by atoms with Crippen molar-refractivity contribution in [1.29, 1.82) is 0 Å². The van der Waals surface area contributed by atoms with Gasteiger partial charge in [0, 0.05) is 12.8 Å². The molecule has 0 spiro atoms. The average molecular weight is 298 g/mol. The zero-order chi connectivity index (χ0) is 15.4. The summed E-state index contributed by atoms with van der Waals surface area (Å²) in [7, 11) is -3.19. The highest BCUT2D eigenvalue weighted by atomic mass is 32.2. The van der Waals surface area contributed by atoms with Crippen LogP contribution in [0.2, 0.25) is 0 Å². The van der Waals surface area contributed by atoms with Crippen LogP contribution in [0.15, 0.2) is 29.2 Å². The molecule has 20 heavy (non-hydrogen) atoms. The van der Waals surface area contributed by atoms with Crippen LogP contribution in [0.1, 0.15) is 32.3 Å². The van der Waals surface area contributed by atoms with Crippen LogP contribution in [0.4, 0.5) is 0 Å². The predicted octanol–water partition coefficient (Wildman–Crippen LogP) is 1.22. The lowest BCUT2D eigenvalue weighted by atomic mass is 9.96. The van der Waals surface area contributed by atoms with Gasteiger partial charge in [0.2, 0.25) is 5.91 Å². The molecule has 112 valence electrons. The second-order valence-electron chi connectivity index (χ2n) is 5.27. The first-order valence-electron chi connectivity index (χ1n) is 6.53. The molecule has 1 aromatic rings. The van der Waals surface area contributed by atoms with E-state index in [1.165, 1.54) is 12.1 Å². The van der Waals surface area contributed by atoms with Crippen LogP contribution < -0.4 is 11.1 Å². The number of benzene rings is 1. The van der Waals surface area contributed by atoms with Crippen LogP contribution in [0.3, 0.4) is 0 Å². The van der Waals surface area contributed by atoms with Crippen LogP contribution in [-0.4, -0.2) is 26.1 Å². The highest BCUT2D eigenvalue weighted by Gasteiger charge is 2.26. The van der Waals surface area contributed by atoms with E-state index in [-0.39, 0.29) is 10.8 Å². The third-order valence-corrected chi connectivity index (χ3v) is 4.22. The van der Waals surface area contributed by atoms with Crippen molar-refractivity contribution in [2.45, 2.75) is 43.7 Å². The maximum Gasteiger partial charge on any atom is 0.240 e. The van der Waals surface area contributed by atoms with Crippen molar-refractivity contribution in [3.05, 3.63) is 29.8 Å². The number of hydrogen-bond acceptors (Lipinski definition) is 4. The van der Waals surface area contributed by atoms with E-state index >= 15 is 0 Å². The molecule has 0 saturated carbocycles. The van der Waals surface area contributed by atoms with Gasteiger partial charge in [-0.25, -0.2) is 8.42 Å². The summed E-state index contributed by atoms with van der Waals surface area (Å²) in [5.41, 5.74) is 5.88. The first-order valence-corrected chi connectivity index (χ1v) is 8.42. The SMILES string of the molecule is CCCC(C)(N)C(=O)NCc1ccc(S(C)(=O)=O)cc1. The molecule has 3 N–H and O–H groups in total. The highest BCUT2D eigenvalue weighted by Crippen LogP contribution is 2.11. The third kappa shape index (κ3) is 4.61. The van der Waals surface area contributed by atoms with E-state index < -0.39 is 15.4 Å². The van der Waals surface area contributed by atoms with Gasteiger partial charge in [0.15, 0.2) is 9.84 Å². The summed E-state index contributed by atoms with van der Waals surface area (Å²) in [5.74, 6) is -0.202. The summed E-state index contributed by atoms with van der Waals surface area (Å²) in [6.07, 6.45) is 2.61. The number of carbonyl (C=O) groups is 1. The van der Waals surface area contributed by atoms with E-state index in [9.17, 15) is 13.2 Å². The van der Waals surface area contributed by atoms with E-state index in [2.05, 4.69) is 5.32 Å². The number of nitrogens with one attached hydrogen (secondary N) is 1. The molecule has 1 aromatic carbocycles. The van der Waals surface area contributed by atoms with Gasteiger partial charge in [0.25, 0.3) is 0 Å². The van der Waals surface area contributed by atoms with Crippen LogP contribution in [0.25, 0.3) is 0 Å². The molecule has 1 unspecified atom stereocenters. The zero-order valence-corrected chi connectivity index (χ0v) is 13.0. The van der Waals surface area contributed by atoms with Crippen molar-refractivity contribution >= 4 is 15.7 Å². The molecular formula is C14H22N2O3S. The molecule has 0 heterocycles. The van der Waals surface area contributed by atoms with Crippen LogP contribution >= 0.6 is 0 Å². The number of sulfone groups is 1. The van der Waals surface area contributed by atoms with Gasteiger partial charge in [-0.05, 0) is 31.0 Å². The lowest BCUT2D eigenvalue weighted by Crippen LogP contribution is -2.51. The molecule has 0 radical (unpaired) electrons. The molecule has 0 bridgehead atoms. The van der Waals surface area contributed by atoms with Gasteiger partial charge in [-0.1, -0.05) is 25.5 Å². The van der Waals surface area contributed by atoms with Gasteiger partial charge < -0.3 is 11.1 Å². The standard InChI is InChI=1S/C14H22N2O3S/c1-4-9-14(2,15)13(17)16-10-11-5-7-12(8-6-11)20(3,18)19/h5-8H,4,9-10,15H2,1-3H3,(H,16,17). The Hall–Kier alpha value is -1.40. The number of hydrogen-bond donors (Lipinski definition) is 2. The maximum atomic E-state index is 11.9. The van der Waals surface area contributed by atoms with E-state index in [0.29, 0.717) is 13.0 Å². The van der Waals surface area contributed by atoms with Crippen molar-refractivity contribution in [3.8, 4) is 0 Å². The lowest BCUT2D eigenvalue weighted by molar-refractivity contribution is -0.126. The molecular weight excluding hydrogens is 276 g/mol. The number of amides is 1. The molecule has 0 saturated heterocycles. The molecule has 1 rings (SSSR count). The highest BCUT2D eigenvalue weighted by molar-refractivity contribution is 7.90. The molecule has 0 aliphatic rings. The van der Waals surface area contributed by atoms with Crippen molar-refractivity contribution in [2.75, 3.05) is 6.26 Å². The summed E-state index contributed by atoms with van der Waals surface area (Å²) in [6, 6.07) is 6.43. The lowest BCUT2D eigenvalue weighted by Gasteiger charge is -2.22. The normalized spacial score (nSPS) is 14.6. The molecule has 1 amide bonds. The van der Waals surface area contributed by atoms with Gasteiger partial charge in [0.05, 0.1) is 10.4 Å². The monoisotopic (exact) mass is 298 g/mol. The molecule has 0 fully saturated rings. The molecule has 1 atom stereocenters. The number of rotatable bonds is 6. The van der Waals surface area contributed by atoms with Crippen LogP contribution in [-0.2, 0) is 21.2 Å². The Morgan fingerprint density at radius 3 is 2.30 bits per heavy atom. The average Bonchev–Trinajstić information content (AvgIpc) is 2.35. The van der Waals surface area contributed by atoms with Gasteiger partial charge in [-0.15, -0.1) is 0 Å². The van der Waals surface area contributed by atoms with E-state index in [4.69, 9.17) is 5.73 Å². The number of carbonyl (C=O) groups excluding carboxylic acids is 1. The predicted molar refractivity (Wildman–Crippen MR) is 78.9 cm³/mol. The minimum Gasteiger partial charge on any atom is -0.350 e. The van der Waals surface area contributed by atoms with Gasteiger partial charge in [-0.3, -0.25) is 4.79 Å². The summed E-state index contributed by atoms with van der Waals surface area (Å²) >= 11 is 0.